The van der Waals surface area contributed by atoms with Gasteiger partial charge in [-0.1, -0.05) is 0 Å². The number of rotatable bonds is 3. The van der Waals surface area contributed by atoms with Crippen LogP contribution in [-0.4, -0.2) is 28.0 Å². The van der Waals surface area contributed by atoms with Gasteiger partial charge in [0, 0.05) is 11.8 Å². The molecule has 0 bridgehead atoms. The third kappa shape index (κ3) is 3.15. The molecule has 0 aliphatic rings. The van der Waals surface area contributed by atoms with Crippen molar-refractivity contribution >= 4 is 17.5 Å². The standard InChI is InChI=1S/C12H13N5O2/c1-7-5-10(19-2)16-12(15-7)17-11(18)9-4-3-8(13)6-14-9/h3-6H,13H2,1-2H3,(H,15,16,17,18). The Morgan fingerprint density at radius 1 is 1.37 bits per heavy atom. The van der Waals surface area contributed by atoms with E-state index in [2.05, 4.69) is 20.3 Å². The van der Waals surface area contributed by atoms with Crippen molar-refractivity contribution in [2.24, 2.45) is 0 Å². The lowest BCUT2D eigenvalue weighted by Gasteiger charge is -2.06. The largest absolute Gasteiger partial charge is 0.481 e. The number of amides is 1. The molecule has 2 aromatic heterocycles. The number of nitrogens with zero attached hydrogens (tertiary/aromatic N) is 3. The average Bonchev–Trinajstić information content (AvgIpc) is 2.38. The molecule has 7 nitrogen and oxygen atoms in total. The number of nitrogens with two attached hydrogens (primary N) is 1. The van der Waals surface area contributed by atoms with Crippen LogP contribution in [0.5, 0.6) is 5.88 Å². The number of aryl methyl sites for hydroxylation is 1. The normalized spacial score (nSPS) is 10.0. The summed E-state index contributed by atoms with van der Waals surface area (Å²) in [6.07, 6.45) is 1.41. The highest BCUT2D eigenvalue weighted by atomic mass is 16.5. The fraction of sp³-hybridized carbons (Fsp3) is 0.167. The zero-order valence-corrected chi connectivity index (χ0v) is 10.5. The predicted molar refractivity (Wildman–Crippen MR) is 69.9 cm³/mol. The topological polar surface area (TPSA) is 103 Å². The Kier molecular flexibility index (Phi) is 3.56. The summed E-state index contributed by atoms with van der Waals surface area (Å²) >= 11 is 0. The van der Waals surface area contributed by atoms with Gasteiger partial charge in [-0.2, -0.15) is 4.98 Å². The first kappa shape index (κ1) is 12.7. The molecule has 0 saturated carbocycles. The van der Waals surface area contributed by atoms with E-state index in [1.54, 1.807) is 19.1 Å². The van der Waals surface area contributed by atoms with Gasteiger partial charge in [-0.25, -0.2) is 9.97 Å². The van der Waals surface area contributed by atoms with Crippen molar-refractivity contribution in [3.8, 4) is 5.88 Å². The van der Waals surface area contributed by atoms with Gasteiger partial charge in [0.05, 0.1) is 19.0 Å². The number of nitrogen functional groups attached to an aromatic ring is 1. The van der Waals surface area contributed by atoms with E-state index in [1.165, 1.54) is 19.4 Å². The van der Waals surface area contributed by atoms with Crippen LogP contribution in [0.1, 0.15) is 16.2 Å². The molecule has 0 saturated heterocycles. The molecule has 7 heteroatoms. The number of ether oxygens (including phenoxy) is 1. The number of pyridine rings is 1. The van der Waals surface area contributed by atoms with Crippen LogP contribution in [0.15, 0.2) is 24.4 Å². The summed E-state index contributed by atoms with van der Waals surface area (Å²) < 4.78 is 5.00. The summed E-state index contributed by atoms with van der Waals surface area (Å²) in [4.78, 5) is 23.9. The lowest BCUT2D eigenvalue weighted by molar-refractivity contribution is 0.102. The van der Waals surface area contributed by atoms with Gasteiger partial charge in [-0.15, -0.1) is 0 Å². The number of aromatic nitrogens is 3. The monoisotopic (exact) mass is 259 g/mol. The Hall–Kier alpha value is -2.70. The van der Waals surface area contributed by atoms with Crippen LogP contribution in [0.4, 0.5) is 11.6 Å². The average molecular weight is 259 g/mol. The van der Waals surface area contributed by atoms with E-state index >= 15 is 0 Å². The molecule has 3 N–H and O–H groups in total. The summed E-state index contributed by atoms with van der Waals surface area (Å²) in [6.45, 7) is 1.78. The van der Waals surface area contributed by atoms with Crippen molar-refractivity contribution in [3.05, 3.63) is 35.8 Å². The molecule has 0 aliphatic heterocycles. The summed E-state index contributed by atoms with van der Waals surface area (Å²) in [7, 11) is 1.49. The molecule has 2 aromatic rings. The molecule has 0 spiro atoms. The van der Waals surface area contributed by atoms with Gasteiger partial charge in [0.1, 0.15) is 5.69 Å². The molecule has 19 heavy (non-hydrogen) atoms. The van der Waals surface area contributed by atoms with E-state index in [4.69, 9.17) is 10.5 Å². The van der Waals surface area contributed by atoms with Crippen molar-refractivity contribution in [1.82, 2.24) is 15.0 Å². The van der Waals surface area contributed by atoms with E-state index in [0.29, 0.717) is 17.3 Å². The van der Waals surface area contributed by atoms with E-state index < -0.39 is 5.91 Å². The Morgan fingerprint density at radius 3 is 2.79 bits per heavy atom. The minimum atomic E-state index is -0.410. The van der Waals surface area contributed by atoms with Gasteiger partial charge in [-0.3, -0.25) is 10.1 Å². The second kappa shape index (κ2) is 5.30. The molecule has 0 unspecified atom stereocenters. The summed E-state index contributed by atoms with van der Waals surface area (Å²) in [6, 6.07) is 4.79. The van der Waals surface area contributed by atoms with Crippen molar-refractivity contribution in [2.75, 3.05) is 18.2 Å². The van der Waals surface area contributed by atoms with Gasteiger partial charge in [-0.05, 0) is 19.1 Å². The van der Waals surface area contributed by atoms with Gasteiger partial charge in [0.2, 0.25) is 11.8 Å². The van der Waals surface area contributed by atoms with Gasteiger partial charge < -0.3 is 10.5 Å². The van der Waals surface area contributed by atoms with Gasteiger partial charge in [0.15, 0.2) is 0 Å². The van der Waals surface area contributed by atoms with Crippen LogP contribution < -0.4 is 15.8 Å². The summed E-state index contributed by atoms with van der Waals surface area (Å²) in [5.41, 5.74) is 6.91. The number of anilines is 2. The summed E-state index contributed by atoms with van der Waals surface area (Å²) in [5, 5.41) is 2.55. The number of hydrogen-bond acceptors (Lipinski definition) is 6. The molecule has 0 aromatic carbocycles. The van der Waals surface area contributed by atoms with E-state index in [-0.39, 0.29) is 11.6 Å². The quantitative estimate of drug-likeness (QED) is 0.853. The van der Waals surface area contributed by atoms with Crippen LogP contribution in [-0.2, 0) is 0 Å². The molecule has 1 amide bonds. The smallest absolute Gasteiger partial charge is 0.276 e. The fourth-order valence-electron chi connectivity index (χ4n) is 1.41. The van der Waals surface area contributed by atoms with Crippen LogP contribution in [0.2, 0.25) is 0 Å². The lowest BCUT2D eigenvalue weighted by atomic mass is 10.3. The van der Waals surface area contributed by atoms with Crippen molar-refractivity contribution in [3.63, 3.8) is 0 Å². The highest BCUT2D eigenvalue weighted by Crippen LogP contribution is 2.12. The Labute approximate surface area is 109 Å². The first-order valence-electron chi connectivity index (χ1n) is 5.51. The molecular weight excluding hydrogens is 246 g/mol. The highest BCUT2D eigenvalue weighted by Gasteiger charge is 2.10. The van der Waals surface area contributed by atoms with Gasteiger partial charge >= 0.3 is 0 Å². The third-order valence-electron chi connectivity index (χ3n) is 2.28. The van der Waals surface area contributed by atoms with Gasteiger partial charge in [0.25, 0.3) is 5.91 Å². The Morgan fingerprint density at radius 2 is 2.16 bits per heavy atom. The lowest BCUT2D eigenvalue weighted by Crippen LogP contribution is -2.16. The van der Waals surface area contributed by atoms with E-state index in [0.717, 1.165) is 0 Å². The van der Waals surface area contributed by atoms with Crippen LogP contribution in [0.25, 0.3) is 0 Å². The maximum absolute atomic E-state index is 11.9. The molecule has 0 atom stereocenters. The zero-order chi connectivity index (χ0) is 13.8. The molecule has 2 rings (SSSR count). The first-order valence-corrected chi connectivity index (χ1v) is 5.51. The first-order chi connectivity index (χ1) is 9.08. The fourth-order valence-corrected chi connectivity index (χ4v) is 1.41. The van der Waals surface area contributed by atoms with E-state index in [1.807, 2.05) is 0 Å². The maximum Gasteiger partial charge on any atom is 0.276 e. The van der Waals surface area contributed by atoms with Crippen LogP contribution >= 0.6 is 0 Å². The number of carbonyl (C=O) groups excluding carboxylic acids is 1. The zero-order valence-electron chi connectivity index (χ0n) is 10.5. The van der Waals surface area contributed by atoms with Crippen molar-refractivity contribution in [1.29, 1.82) is 0 Å². The highest BCUT2D eigenvalue weighted by molar-refractivity contribution is 6.01. The van der Waals surface area contributed by atoms with Crippen LogP contribution in [0.3, 0.4) is 0 Å². The molecular formula is C12H13N5O2. The number of carbonyl (C=O) groups is 1. The van der Waals surface area contributed by atoms with Crippen molar-refractivity contribution < 1.29 is 9.53 Å². The molecule has 2 heterocycles. The molecule has 0 radical (unpaired) electrons. The SMILES string of the molecule is COc1cc(C)nc(NC(=O)c2ccc(N)cn2)n1. The number of hydrogen-bond donors (Lipinski definition) is 2. The number of nitrogens with one attached hydrogen (secondary N) is 1. The van der Waals surface area contributed by atoms with Crippen LogP contribution in [0, 0.1) is 6.92 Å². The summed E-state index contributed by atoms with van der Waals surface area (Å²) in [5.74, 6) is 0.140. The predicted octanol–water partition coefficient (Wildman–Crippen LogP) is 1.02. The Bertz CT molecular complexity index is 598. The third-order valence-corrected chi connectivity index (χ3v) is 2.28. The minimum Gasteiger partial charge on any atom is -0.481 e. The molecule has 0 fully saturated rings. The van der Waals surface area contributed by atoms with E-state index in [9.17, 15) is 4.79 Å². The second-order valence-corrected chi connectivity index (χ2v) is 3.81. The second-order valence-electron chi connectivity index (χ2n) is 3.81. The molecule has 98 valence electrons. The minimum absolute atomic E-state index is 0.167. The molecule has 0 aliphatic carbocycles. The van der Waals surface area contributed by atoms with Crippen molar-refractivity contribution in [2.45, 2.75) is 6.92 Å². The number of methoxy groups -OCH3 is 1. The Balaban J connectivity index is 2.18. The maximum atomic E-state index is 11.9.